The summed E-state index contributed by atoms with van der Waals surface area (Å²) >= 11 is 0. The topological polar surface area (TPSA) is 15.3 Å². The third-order valence-electron chi connectivity index (χ3n) is 3.73. The highest BCUT2D eigenvalue weighted by atomic mass is 15.2. The molecule has 2 nitrogen and oxygen atoms in total. The lowest BCUT2D eigenvalue weighted by Crippen LogP contribution is -2.44. The summed E-state index contributed by atoms with van der Waals surface area (Å²) in [6, 6.07) is 0. The van der Waals surface area contributed by atoms with E-state index in [0.29, 0.717) is 0 Å². The SMILES string of the molecule is CC(C)CN1CCNCC1.CC1CCCCC1. The molecule has 2 heteroatoms. The quantitative estimate of drug-likeness (QED) is 0.798. The van der Waals surface area contributed by atoms with E-state index in [9.17, 15) is 0 Å². The molecular weight excluding hydrogens is 208 g/mol. The molecule has 0 amide bonds. The van der Waals surface area contributed by atoms with Crippen molar-refractivity contribution in [2.24, 2.45) is 11.8 Å². The summed E-state index contributed by atoms with van der Waals surface area (Å²) in [4.78, 5) is 2.53. The number of nitrogens with one attached hydrogen (secondary N) is 1. The molecule has 2 fully saturated rings. The molecule has 0 radical (unpaired) electrons. The van der Waals surface area contributed by atoms with Gasteiger partial charge in [-0.2, -0.15) is 0 Å². The van der Waals surface area contributed by atoms with E-state index in [4.69, 9.17) is 0 Å². The molecule has 0 atom stereocenters. The Hall–Kier alpha value is -0.0800. The van der Waals surface area contributed by atoms with Gasteiger partial charge in [0.2, 0.25) is 0 Å². The number of rotatable bonds is 2. The summed E-state index contributed by atoms with van der Waals surface area (Å²) < 4.78 is 0. The summed E-state index contributed by atoms with van der Waals surface area (Å²) in [6.07, 6.45) is 7.44. The molecule has 0 unspecified atom stereocenters. The van der Waals surface area contributed by atoms with E-state index < -0.39 is 0 Å². The van der Waals surface area contributed by atoms with Crippen LogP contribution in [-0.2, 0) is 0 Å². The highest BCUT2D eigenvalue weighted by Crippen LogP contribution is 2.22. The maximum absolute atomic E-state index is 3.35. The summed E-state index contributed by atoms with van der Waals surface area (Å²) in [6.45, 7) is 13.0. The zero-order valence-electron chi connectivity index (χ0n) is 12.2. The minimum Gasteiger partial charge on any atom is -0.314 e. The van der Waals surface area contributed by atoms with Crippen LogP contribution in [0.1, 0.15) is 52.9 Å². The van der Waals surface area contributed by atoms with Crippen molar-refractivity contribution in [3.8, 4) is 0 Å². The third-order valence-corrected chi connectivity index (χ3v) is 3.73. The van der Waals surface area contributed by atoms with E-state index in [-0.39, 0.29) is 0 Å². The van der Waals surface area contributed by atoms with E-state index in [1.807, 2.05) is 0 Å². The van der Waals surface area contributed by atoms with Crippen LogP contribution in [-0.4, -0.2) is 37.6 Å². The van der Waals surface area contributed by atoms with Crippen LogP contribution >= 0.6 is 0 Å². The molecular formula is C15H32N2. The fraction of sp³-hybridized carbons (Fsp3) is 1.00. The fourth-order valence-corrected chi connectivity index (χ4v) is 2.72. The van der Waals surface area contributed by atoms with Gasteiger partial charge in [-0.3, -0.25) is 0 Å². The Labute approximate surface area is 108 Å². The van der Waals surface area contributed by atoms with Gasteiger partial charge in [-0.05, 0) is 11.8 Å². The first-order chi connectivity index (χ1) is 8.18. The van der Waals surface area contributed by atoms with Crippen molar-refractivity contribution in [2.45, 2.75) is 52.9 Å². The van der Waals surface area contributed by atoms with E-state index in [0.717, 1.165) is 11.8 Å². The summed E-state index contributed by atoms with van der Waals surface area (Å²) in [5, 5.41) is 3.35. The van der Waals surface area contributed by atoms with Crippen LogP contribution in [0.15, 0.2) is 0 Å². The van der Waals surface area contributed by atoms with Crippen LogP contribution in [0.2, 0.25) is 0 Å². The first-order valence-corrected chi connectivity index (χ1v) is 7.61. The van der Waals surface area contributed by atoms with E-state index in [1.165, 1.54) is 64.8 Å². The molecule has 2 aliphatic rings. The van der Waals surface area contributed by atoms with Crippen molar-refractivity contribution in [1.29, 1.82) is 0 Å². The van der Waals surface area contributed by atoms with Gasteiger partial charge < -0.3 is 10.2 Å². The second kappa shape index (κ2) is 8.93. The van der Waals surface area contributed by atoms with E-state index in [1.54, 1.807) is 0 Å². The Bertz CT molecular complexity index is 168. The summed E-state index contributed by atoms with van der Waals surface area (Å²) in [5.41, 5.74) is 0. The molecule has 0 spiro atoms. The Morgan fingerprint density at radius 1 is 1.06 bits per heavy atom. The van der Waals surface area contributed by atoms with Crippen LogP contribution in [0.4, 0.5) is 0 Å². The first-order valence-electron chi connectivity index (χ1n) is 7.61. The lowest BCUT2D eigenvalue weighted by molar-refractivity contribution is 0.217. The molecule has 0 aromatic carbocycles. The predicted octanol–water partition coefficient (Wildman–Crippen LogP) is 3.13. The maximum atomic E-state index is 3.35. The van der Waals surface area contributed by atoms with Crippen molar-refractivity contribution in [2.75, 3.05) is 32.7 Å². The van der Waals surface area contributed by atoms with E-state index in [2.05, 4.69) is 31.0 Å². The number of nitrogens with zero attached hydrogens (tertiary/aromatic N) is 1. The highest BCUT2D eigenvalue weighted by Gasteiger charge is 2.09. The predicted molar refractivity (Wildman–Crippen MR) is 76.4 cm³/mol. The average Bonchev–Trinajstić information content (AvgIpc) is 2.31. The van der Waals surface area contributed by atoms with Crippen molar-refractivity contribution in [3.63, 3.8) is 0 Å². The van der Waals surface area contributed by atoms with Crippen molar-refractivity contribution in [1.82, 2.24) is 10.2 Å². The monoisotopic (exact) mass is 240 g/mol. The standard InChI is InChI=1S/C8H18N2.C7H14/c1-8(2)7-10-5-3-9-4-6-10;1-7-5-3-2-4-6-7/h8-9H,3-7H2,1-2H3;7H,2-6H2,1H3. The largest absolute Gasteiger partial charge is 0.314 e. The molecule has 0 bridgehead atoms. The van der Waals surface area contributed by atoms with Gasteiger partial charge in [0.05, 0.1) is 0 Å². The Morgan fingerprint density at radius 2 is 1.65 bits per heavy atom. The lowest BCUT2D eigenvalue weighted by atomic mass is 9.91. The molecule has 0 aromatic rings. The first kappa shape index (κ1) is 15.0. The molecule has 1 saturated carbocycles. The van der Waals surface area contributed by atoms with Gasteiger partial charge in [0.1, 0.15) is 0 Å². The normalized spacial score (nSPS) is 23.3. The van der Waals surface area contributed by atoms with Gasteiger partial charge in [0.15, 0.2) is 0 Å². The molecule has 1 aliphatic heterocycles. The van der Waals surface area contributed by atoms with E-state index >= 15 is 0 Å². The molecule has 1 saturated heterocycles. The number of hydrogen-bond donors (Lipinski definition) is 1. The third kappa shape index (κ3) is 7.77. The van der Waals surface area contributed by atoms with Gasteiger partial charge in [-0.25, -0.2) is 0 Å². The van der Waals surface area contributed by atoms with Crippen molar-refractivity contribution >= 4 is 0 Å². The van der Waals surface area contributed by atoms with Crippen molar-refractivity contribution in [3.05, 3.63) is 0 Å². The average molecular weight is 240 g/mol. The Kier molecular flexibility index (Phi) is 7.87. The van der Waals surface area contributed by atoms with Crippen LogP contribution in [0.5, 0.6) is 0 Å². The van der Waals surface area contributed by atoms with Crippen LogP contribution in [0.3, 0.4) is 0 Å². The Morgan fingerprint density at radius 3 is 2.06 bits per heavy atom. The lowest BCUT2D eigenvalue weighted by Gasteiger charge is -2.28. The van der Waals surface area contributed by atoms with Crippen LogP contribution in [0, 0.1) is 11.8 Å². The maximum Gasteiger partial charge on any atom is 0.0107 e. The molecule has 2 rings (SSSR count). The highest BCUT2D eigenvalue weighted by molar-refractivity contribution is 4.68. The zero-order valence-corrected chi connectivity index (χ0v) is 12.2. The van der Waals surface area contributed by atoms with Crippen LogP contribution in [0.25, 0.3) is 0 Å². The number of hydrogen-bond acceptors (Lipinski definition) is 2. The van der Waals surface area contributed by atoms with Crippen LogP contribution < -0.4 is 5.32 Å². The minimum absolute atomic E-state index is 0.818. The fourth-order valence-electron chi connectivity index (χ4n) is 2.72. The van der Waals surface area contributed by atoms with Gasteiger partial charge in [-0.15, -0.1) is 0 Å². The van der Waals surface area contributed by atoms with Gasteiger partial charge >= 0.3 is 0 Å². The minimum atomic E-state index is 0.818. The summed E-state index contributed by atoms with van der Waals surface area (Å²) in [7, 11) is 0. The smallest absolute Gasteiger partial charge is 0.0107 e. The molecule has 0 aromatic heterocycles. The van der Waals surface area contributed by atoms with Gasteiger partial charge in [0, 0.05) is 32.7 Å². The molecule has 1 heterocycles. The summed E-state index contributed by atoms with van der Waals surface area (Å²) in [5.74, 6) is 1.85. The Balaban J connectivity index is 0.000000181. The zero-order chi connectivity index (χ0) is 12.5. The van der Waals surface area contributed by atoms with Crippen molar-refractivity contribution < 1.29 is 0 Å². The molecule has 102 valence electrons. The number of piperazine rings is 1. The molecule has 1 aliphatic carbocycles. The molecule has 1 N–H and O–H groups in total. The second-order valence-electron chi connectivity index (χ2n) is 6.19. The van der Waals surface area contributed by atoms with Gasteiger partial charge in [0.25, 0.3) is 0 Å². The van der Waals surface area contributed by atoms with Gasteiger partial charge in [-0.1, -0.05) is 52.9 Å². The second-order valence-corrected chi connectivity index (χ2v) is 6.19. The molecule has 17 heavy (non-hydrogen) atoms.